The Labute approximate surface area is 94.2 Å². The van der Waals surface area contributed by atoms with Crippen LogP contribution in [0.1, 0.15) is 47.5 Å². The van der Waals surface area contributed by atoms with E-state index < -0.39 is 0 Å². The summed E-state index contributed by atoms with van der Waals surface area (Å²) in [6, 6.07) is 0. The Morgan fingerprint density at radius 1 is 1.00 bits per heavy atom. The van der Waals surface area contributed by atoms with Gasteiger partial charge in [0.1, 0.15) is 0 Å². The zero-order valence-corrected chi connectivity index (χ0v) is 10.7. The summed E-state index contributed by atoms with van der Waals surface area (Å²) in [7, 11) is -0.0805. The summed E-state index contributed by atoms with van der Waals surface area (Å²) in [6.45, 7) is 10.5. The maximum absolute atomic E-state index is 5.87. The Balaban J connectivity index is 2.42. The van der Waals surface area contributed by atoms with Gasteiger partial charge in [-0.05, 0) is 34.1 Å². The van der Waals surface area contributed by atoms with E-state index in [0.29, 0.717) is 0 Å². The Bertz CT molecular complexity index is 218. The molecular weight excluding hydrogens is 187 g/mol. The van der Waals surface area contributed by atoms with E-state index in [2.05, 4.69) is 46.8 Å². The zero-order valence-electron chi connectivity index (χ0n) is 10.7. The molecule has 2 nitrogen and oxygen atoms in total. The molecule has 0 aromatic rings. The zero-order chi connectivity index (χ0) is 11.5. The van der Waals surface area contributed by atoms with Crippen molar-refractivity contribution in [3.05, 3.63) is 12.2 Å². The first-order valence-electron chi connectivity index (χ1n) is 5.89. The minimum absolute atomic E-state index is 0.0805. The highest BCUT2D eigenvalue weighted by molar-refractivity contribution is 6.46. The van der Waals surface area contributed by atoms with Gasteiger partial charge < -0.3 is 9.31 Å². The second-order valence-electron chi connectivity index (χ2n) is 5.18. The van der Waals surface area contributed by atoms with Crippen molar-refractivity contribution in [2.24, 2.45) is 0 Å². The molecule has 0 unspecified atom stereocenters. The van der Waals surface area contributed by atoms with Crippen LogP contribution in [0.25, 0.3) is 0 Å². The van der Waals surface area contributed by atoms with Crippen molar-refractivity contribution >= 4 is 7.12 Å². The van der Waals surface area contributed by atoms with Crippen molar-refractivity contribution in [3.63, 3.8) is 0 Å². The van der Waals surface area contributed by atoms with Crippen LogP contribution in [0.4, 0.5) is 0 Å². The number of unbranched alkanes of at least 4 members (excludes halogenated alkanes) is 1. The van der Waals surface area contributed by atoms with Crippen LogP contribution in [0.3, 0.4) is 0 Å². The number of allylic oxidation sites excluding steroid dienone is 2. The van der Waals surface area contributed by atoms with E-state index in [1.165, 1.54) is 6.42 Å². The van der Waals surface area contributed by atoms with E-state index in [1.807, 2.05) is 0 Å². The van der Waals surface area contributed by atoms with Gasteiger partial charge in [0.15, 0.2) is 0 Å². The Hall–Kier alpha value is -0.275. The molecule has 0 aliphatic carbocycles. The first kappa shape index (κ1) is 12.8. The van der Waals surface area contributed by atoms with Gasteiger partial charge in [0.05, 0.1) is 11.2 Å². The third-order valence-electron chi connectivity index (χ3n) is 3.25. The van der Waals surface area contributed by atoms with Gasteiger partial charge in [0.2, 0.25) is 0 Å². The van der Waals surface area contributed by atoms with Gasteiger partial charge in [0.25, 0.3) is 0 Å². The van der Waals surface area contributed by atoms with Crippen LogP contribution in [0.5, 0.6) is 0 Å². The first-order chi connectivity index (χ1) is 6.89. The second kappa shape index (κ2) is 4.71. The largest absolute Gasteiger partial charge is 0.461 e. The number of rotatable bonds is 4. The summed E-state index contributed by atoms with van der Waals surface area (Å²) >= 11 is 0. The average molecular weight is 210 g/mol. The highest BCUT2D eigenvalue weighted by Gasteiger charge is 2.50. The molecular formula is C12H23BO2. The van der Waals surface area contributed by atoms with Crippen LogP contribution in [-0.4, -0.2) is 18.3 Å². The van der Waals surface area contributed by atoms with Gasteiger partial charge in [-0.15, -0.1) is 0 Å². The maximum atomic E-state index is 5.87. The van der Waals surface area contributed by atoms with Gasteiger partial charge in [-0.2, -0.15) is 0 Å². The molecule has 1 saturated heterocycles. The fourth-order valence-electron chi connectivity index (χ4n) is 1.55. The molecule has 0 amide bonds. The predicted octanol–water partition coefficient (Wildman–Crippen LogP) is 3.43. The highest BCUT2D eigenvalue weighted by Crippen LogP contribution is 2.37. The van der Waals surface area contributed by atoms with Gasteiger partial charge in [-0.1, -0.05) is 25.5 Å². The first-order valence-corrected chi connectivity index (χ1v) is 5.89. The lowest BCUT2D eigenvalue weighted by atomic mass is 9.85. The molecule has 1 aliphatic heterocycles. The minimum atomic E-state index is -0.198. The minimum Gasteiger partial charge on any atom is -0.403 e. The summed E-state index contributed by atoms with van der Waals surface area (Å²) in [5, 5.41) is 0. The Kier molecular flexibility index (Phi) is 4.02. The second-order valence-corrected chi connectivity index (χ2v) is 5.18. The monoisotopic (exact) mass is 210 g/mol. The fourth-order valence-corrected chi connectivity index (χ4v) is 1.55. The van der Waals surface area contributed by atoms with Crippen LogP contribution >= 0.6 is 0 Å². The van der Waals surface area contributed by atoms with Crippen molar-refractivity contribution in [1.29, 1.82) is 0 Å². The molecule has 86 valence electrons. The molecule has 1 aliphatic rings. The van der Waals surface area contributed by atoms with Crippen LogP contribution in [0.2, 0.25) is 6.32 Å². The SMILES string of the molecule is CCC/C=C/CB1OC(C)(C)C(C)(C)O1. The van der Waals surface area contributed by atoms with E-state index >= 15 is 0 Å². The summed E-state index contributed by atoms with van der Waals surface area (Å²) in [6.07, 6.45) is 7.54. The summed E-state index contributed by atoms with van der Waals surface area (Å²) < 4.78 is 11.7. The van der Waals surface area contributed by atoms with Gasteiger partial charge in [-0.3, -0.25) is 0 Å². The molecule has 0 radical (unpaired) electrons. The van der Waals surface area contributed by atoms with Gasteiger partial charge in [0, 0.05) is 6.32 Å². The molecule has 0 aromatic carbocycles. The molecule has 1 heterocycles. The molecule has 3 heteroatoms. The normalized spacial score (nSPS) is 23.9. The number of hydrogen-bond acceptors (Lipinski definition) is 2. The Morgan fingerprint density at radius 3 is 2.00 bits per heavy atom. The standard InChI is InChI=1S/C12H23BO2/c1-6-7-8-9-10-13-14-11(2,3)12(4,5)15-13/h8-9H,6-7,10H2,1-5H3/b9-8+. The number of hydrogen-bond donors (Lipinski definition) is 0. The molecule has 0 aromatic heterocycles. The van der Waals surface area contributed by atoms with E-state index in [0.717, 1.165) is 12.7 Å². The average Bonchev–Trinajstić information content (AvgIpc) is 2.30. The lowest BCUT2D eigenvalue weighted by Gasteiger charge is -2.32. The highest BCUT2D eigenvalue weighted by atomic mass is 16.7. The predicted molar refractivity (Wildman–Crippen MR) is 64.9 cm³/mol. The van der Waals surface area contributed by atoms with Crippen LogP contribution in [0, 0.1) is 0 Å². The molecule has 1 fully saturated rings. The Morgan fingerprint density at radius 2 is 1.53 bits per heavy atom. The maximum Gasteiger partial charge on any atom is 0.461 e. The third-order valence-corrected chi connectivity index (χ3v) is 3.25. The van der Waals surface area contributed by atoms with E-state index in [4.69, 9.17) is 9.31 Å². The van der Waals surface area contributed by atoms with Crippen molar-refractivity contribution in [1.82, 2.24) is 0 Å². The molecule has 0 saturated carbocycles. The molecule has 0 atom stereocenters. The third kappa shape index (κ3) is 3.09. The molecule has 0 bridgehead atoms. The molecule has 1 rings (SSSR count). The lowest BCUT2D eigenvalue weighted by molar-refractivity contribution is 0.00578. The van der Waals surface area contributed by atoms with Crippen molar-refractivity contribution in [2.75, 3.05) is 0 Å². The van der Waals surface area contributed by atoms with Gasteiger partial charge in [-0.25, -0.2) is 0 Å². The van der Waals surface area contributed by atoms with Crippen molar-refractivity contribution in [3.8, 4) is 0 Å². The summed E-state index contributed by atoms with van der Waals surface area (Å²) in [5.41, 5.74) is -0.396. The van der Waals surface area contributed by atoms with Crippen LogP contribution in [0.15, 0.2) is 12.2 Å². The van der Waals surface area contributed by atoms with Crippen LogP contribution in [-0.2, 0) is 9.31 Å². The lowest BCUT2D eigenvalue weighted by Crippen LogP contribution is -2.41. The summed E-state index contributed by atoms with van der Waals surface area (Å²) in [5.74, 6) is 0. The van der Waals surface area contributed by atoms with E-state index in [-0.39, 0.29) is 18.3 Å². The molecule has 15 heavy (non-hydrogen) atoms. The van der Waals surface area contributed by atoms with Crippen LogP contribution < -0.4 is 0 Å². The van der Waals surface area contributed by atoms with Crippen molar-refractivity contribution < 1.29 is 9.31 Å². The van der Waals surface area contributed by atoms with Gasteiger partial charge >= 0.3 is 7.12 Å². The summed E-state index contributed by atoms with van der Waals surface area (Å²) in [4.78, 5) is 0. The fraction of sp³-hybridized carbons (Fsp3) is 0.833. The van der Waals surface area contributed by atoms with E-state index in [1.54, 1.807) is 0 Å². The molecule has 0 spiro atoms. The van der Waals surface area contributed by atoms with Crippen molar-refractivity contribution in [2.45, 2.75) is 65.0 Å². The topological polar surface area (TPSA) is 18.5 Å². The smallest absolute Gasteiger partial charge is 0.403 e. The quantitative estimate of drug-likeness (QED) is 0.522. The molecule has 0 N–H and O–H groups in total. The van der Waals surface area contributed by atoms with E-state index in [9.17, 15) is 0 Å².